The molecule has 0 atom stereocenters. The molecule has 8 nitrogen and oxygen atoms in total. The predicted octanol–water partition coefficient (Wildman–Crippen LogP) is 1.61. The number of nitro groups is 1. The number of aromatic nitrogens is 1. The Morgan fingerprint density at radius 1 is 1.42 bits per heavy atom. The summed E-state index contributed by atoms with van der Waals surface area (Å²) < 4.78 is 45.1. The summed E-state index contributed by atoms with van der Waals surface area (Å²) in [5.74, 6) is -0.365. The van der Waals surface area contributed by atoms with Crippen LogP contribution in [0.1, 0.15) is 12.0 Å². The lowest BCUT2D eigenvalue weighted by Gasteiger charge is -2.28. The number of hydrogen-bond donors (Lipinski definition) is 2. The van der Waals surface area contributed by atoms with E-state index >= 15 is 0 Å². The third-order valence-corrected chi connectivity index (χ3v) is 3.48. The molecule has 1 aromatic rings. The zero-order chi connectivity index (χ0) is 17.7. The zero-order valence-electron chi connectivity index (χ0n) is 12.8. The molecule has 0 unspecified atom stereocenters. The standard InChI is InChI=1S/C13H18F3N5O3/c14-13(15,16)9-8-10(20-4-6-24-7-5-20)19-12(11(9)21(22)23)18-3-1-2-17/h8H,1-7,17H2,(H,18,19). The lowest BCUT2D eigenvalue weighted by molar-refractivity contribution is -0.387. The summed E-state index contributed by atoms with van der Waals surface area (Å²) in [6.45, 7) is 1.94. The molecule has 11 heteroatoms. The van der Waals surface area contributed by atoms with Crippen molar-refractivity contribution >= 4 is 17.3 Å². The molecule has 0 bridgehead atoms. The fourth-order valence-corrected chi connectivity index (χ4v) is 2.31. The van der Waals surface area contributed by atoms with Crippen LogP contribution in [0, 0.1) is 10.1 Å². The average molecular weight is 349 g/mol. The molecule has 1 aliphatic heterocycles. The van der Waals surface area contributed by atoms with Crippen LogP contribution in [-0.4, -0.2) is 49.3 Å². The predicted molar refractivity (Wildman–Crippen MR) is 81.1 cm³/mol. The van der Waals surface area contributed by atoms with Gasteiger partial charge in [-0.1, -0.05) is 0 Å². The van der Waals surface area contributed by atoms with E-state index in [2.05, 4.69) is 10.3 Å². The third kappa shape index (κ3) is 4.23. The molecule has 24 heavy (non-hydrogen) atoms. The van der Waals surface area contributed by atoms with Crippen molar-refractivity contribution in [1.82, 2.24) is 4.98 Å². The highest BCUT2D eigenvalue weighted by atomic mass is 19.4. The topological polar surface area (TPSA) is 107 Å². The Labute approximate surface area is 135 Å². The molecule has 1 aromatic heterocycles. The van der Waals surface area contributed by atoms with Crippen molar-refractivity contribution in [2.75, 3.05) is 49.6 Å². The Bertz CT molecular complexity index is 591. The Balaban J connectivity index is 2.49. The van der Waals surface area contributed by atoms with E-state index < -0.39 is 28.2 Å². The molecule has 3 N–H and O–H groups in total. The van der Waals surface area contributed by atoms with Gasteiger partial charge < -0.3 is 20.7 Å². The van der Waals surface area contributed by atoms with Gasteiger partial charge in [0.05, 0.1) is 18.1 Å². The largest absolute Gasteiger partial charge is 0.423 e. The number of nitrogens with one attached hydrogen (secondary N) is 1. The minimum atomic E-state index is -4.86. The smallest absolute Gasteiger partial charge is 0.378 e. The van der Waals surface area contributed by atoms with Gasteiger partial charge in [0.15, 0.2) is 0 Å². The van der Waals surface area contributed by atoms with Crippen LogP contribution in [0.2, 0.25) is 0 Å². The van der Waals surface area contributed by atoms with E-state index in [4.69, 9.17) is 10.5 Å². The monoisotopic (exact) mass is 349 g/mol. The summed E-state index contributed by atoms with van der Waals surface area (Å²) in [4.78, 5) is 15.8. The molecule has 0 aliphatic carbocycles. The molecular weight excluding hydrogens is 331 g/mol. The second kappa shape index (κ2) is 7.62. The molecule has 0 aromatic carbocycles. The number of morpholine rings is 1. The Kier molecular flexibility index (Phi) is 5.78. The zero-order valence-corrected chi connectivity index (χ0v) is 12.8. The average Bonchev–Trinajstić information content (AvgIpc) is 2.54. The number of halogens is 3. The van der Waals surface area contributed by atoms with Gasteiger partial charge in [0, 0.05) is 25.7 Å². The quantitative estimate of drug-likeness (QED) is 0.456. The van der Waals surface area contributed by atoms with Gasteiger partial charge in [0.2, 0.25) is 5.82 Å². The van der Waals surface area contributed by atoms with Gasteiger partial charge in [-0.2, -0.15) is 13.2 Å². The maximum absolute atomic E-state index is 13.3. The van der Waals surface area contributed by atoms with Crippen molar-refractivity contribution in [2.24, 2.45) is 5.73 Å². The molecule has 0 saturated carbocycles. The van der Waals surface area contributed by atoms with Gasteiger partial charge in [0.1, 0.15) is 11.4 Å². The van der Waals surface area contributed by atoms with Crippen molar-refractivity contribution in [3.05, 3.63) is 21.7 Å². The van der Waals surface area contributed by atoms with Crippen LogP contribution >= 0.6 is 0 Å². The minimum Gasteiger partial charge on any atom is -0.378 e. The minimum absolute atomic E-state index is 0.0338. The molecule has 0 radical (unpaired) electrons. The lowest BCUT2D eigenvalue weighted by Crippen LogP contribution is -2.37. The first-order chi connectivity index (χ1) is 11.3. The molecule has 0 spiro atoms. The molecule has 134 valence electrons. The summed E-state index contributed by atoms with van der Waals surface area (Å²) in [7, 11) is 0. The number of hydrogen-bond acceptors (Lipinski definition) is 7. The van der Waals surface area contributed by atoms with E-state index in [1.54, 1.807) is 4.90 Å². The number of ether oxygens (including phenoxy) is 1. The van der Waals surface area contributed by atoms with Gasteiger partial charge in [-0.3, -0.25) is 10.1 Å². The second-order valence-corrected chi connectivity index (χ2v) is 5.15. The number of pyridine rings is 1. The SMILES string of the molecule is NCCCNc1nc(N2CCOCC2)cc(C(F)(F)F)c1[N+](=O)[O-]. The van der Waals surface area contributed by atoms with Crippen LogP contribution in [-0.2, 0) is 10.9 Å². The fraction of sp³-hybridized carbons (Fsp3) is 0.615. The summed E-state index contributed by atoms with van der Waals surface area (Å²) >= 11 is 0. The third-order valence-electron chi connectivity index (χ3n) is 3.48. The Morgan fingerprint density at radius 3 is 2.62 bits per heavy atom. The van der Waals surface area contributed by atoms with E-state index in [1.165, 1.54) is 0 Å². The highest BCUT2D eigenvalue weighted by molar-refractivity contribution is 5.66. The maximum Gasteiger partial charge on any atom is 0.423 e. The van der Waals surface area contributed by atoms with E-state index in [0.29, 0.717) is 39.3 Å². The molecule has 0 amide bonds. The fourth-order valence-electron chi connectivity index (χ4n) is 2.31. The van der Waals surface area contributed by atoms with Gasteiger partial charge in [0.25, 0.3) is 0 Å². The van der Waals surface area contributed by atoms with E-state index in [0.717, 1.165) is 6.07 Å². The molecule has 2 heterocycles. The van der Waals surface area contributed by atoms with Gasteiger partial charge in [-0.05, 0) is 13.0 Å². The Morgan fingerprint density at radius 2 is 2.08 bits per heavy atom. The lowest BCUT2D eigenvalue weighted by atomic mass is 10.2. The summed E-state index contributed by atoms with van der Waals surface area (Å²) in [5, 5.41) is 13.8. The normalized spacial score (nSPS) is 15.4. The van der Waals surface area contributed by atoms with Crippen molar-refractivity contribution in [1.29, 1.82) is 0 Å². The van der Waals surface area contributed by atoms with Crippen LogP contribution in [0.25, 0.3) is 0 Å². The van der Waals surface area contributed by atoms with Gasteiger partial charge in [-0.15, -0.1) is 0 Å². The van der Waals surface area contributed by atoms with Gasteiger partial charge in [-0.25, -0.2) is 4.98 Å². The first-order valence-electron chi connectivity index (χ1n) is 7.38. The van der Waals surface area contributed by atoms with Gasteiger partial charge >= 0.3 is 11.9 Å². The van der Waals surface area contributed by atoms with Crippen LogP contribution in [0.3, 0.4) is 0 Å². The maximum atomic E-state index is 13.3. The van der Waals surface area contributed by atoms with Crippen LogP contribution in [0.4, 0.5) is 30.5 Å². The summed E-state index contributed by atoms with van der Waals surface area (Å²) in [6.07, 6.45) is -4.42. The van der Waals surface area contributed by atoms with E-state index in [-0.39, 0.29) is 12.4 Å². The molecule has 1 aliphatic rings. The highest BCUT2D eigenvalue weighted by Crippen LogP contribution is 2.41. The first kappa shape index (κ1) is 18.2. The van der Waals surface area contributed by atoms with Crippen LogP contribution < -0.4 is 16.0 Å². The molecule has 1 fully saturated rings. The summed E-state index contributed by atoms with van der Waals surface area (Å²) in [5.41, 5.74) is 2.95. The van der Waals surface area contributed by atoms with Crippen LogP contribution in [0.5, 0.6) is 0 Å². The van der Waals surface area contributed by atoms with Crippen molar-refractivity contribution in [3.63, 3.8) is 0 Å². The number of nitrogens with zero attached hydrogens (tertiary/aromatic N) is 3. The number of anilines is 2. The molecule has 2 rings (SSSR count). The van der Waals surface area contributed by atoms with Crippen molar-refractivity contribution in [3.8, 4) is 0 Å². The molecular formula is C13H18F3N5O3. The second-order valence-electron chi connectivity index (χ2n) is 5.15. The number of nitrogens with two attached hydrogens (primary N) is 1. The summed E-state index contributed by atoms with van der Waals surface area (Å²) in [6, 6.07) is 0.720. The highest BCUT2D eigenvalue weighted by Gasteiger charge is 2.41. The number of alkyl halides is 3. The Hall–Kier alpha value is -2.14. The van der Waals surface area contributed by atoms with Crippen LogP contribution in [0.15, 0.2) is 6.07 Å². The van der Waals surface area contributed by atoms with Crippen molar-refractivity contribution in [2.45, 2.75) is 12.6 Å². The van der Waals surface area contributed by atoms with Crippen molar-refractivity contribution < 1.29 is 22.8 Å². The molecule has 1 saturated heterocycles. The first-order valence-corrected chi connectivity index (χ1v) is 7.38. The van der Waals surface area contributed by atoms with E-state index in [9.17, 15) is 23.3 Å². The number of rotatable bonds is 6. The van der Waals surface area contributed by atoms with E-state index in [1.807, 2.05) is 0 Å².